The average Bonchev–Trinajstić information content (AvgIpc) is 2.05. The molecular formula is C8H13CuO6+. The summed E-state index contributed by atoms with van der Waals surface area (Å²) >= 11 is 0. The van der Waals surface area contributed by atoms with Crippen molar-refractivity contribution in [2.45, 2.75) is 0 Å². The summed E-state index contributed by atoms with van der Waals surface area (Å²) in [5.41, 5.74) is 0.158. The summed E-state index contributed by atoms with van der Waals surface area (Å²) in [6.07, 6.45) is 0. The van der Waals surface area contributed by atoms with Crippen LogP contribution in [0.25, 0.3) is 0 Å². The fourth-order valence-corrected chi connectivity index (χ4v) is 0.727. The van der Waals surface area contributed by atoms with E-state index in [2.05, 4.69) is 0 Å². The molecule has 0 saturated carbocycles. The van der Waals surface area contributed by atoms with E-state index in [-0.39, 0.29) is 39.1 Å². The predicted octanol–water partition coefficient (Wildman–Crippen LogP) is -2.42. The number of carboxylic acid groups (broad SMARTS) is 1. The smallest absolute Gasteiger partial charge is 0.545 e. The van der Waals surface area contributed by atoms with E-state index in [4.69, 9.17) is 4.74 Å². The van der Waals surface area contributed by atoms with Crippen LogP contribution in [0.4, 0.5) is 0 Å². The molecule has 0 aromatic heterocycles. The van der Waals surface area contributed by atoms with Crippen molar-refractivity contribution in [2.24, 2.45) is 0 Å². The van der Waals surface area contributed by atoms with Crippen LogP contribution in [0.2, 0.25) is 0 Å². The Hall–Kier alpha value is -1.11. The molecule has 1 aromatic rings. The Morgan fingerprint density at radius 3 is 1.80 bits per heavy atom. The van der Waals surface area contributed by atoms with Gasteiger partial charge in [0.15, 0.2) is 0 Å². The number of hydrogen-bond donors (Lipinski definition) is 0. The van der Waals surface area contributed by atoms with Gasteiger partial charge in [0, 0.05) is 0 Å². The van der Waals surface area contributed by atoms with Crippen LogP contribution in [0.3, 0.4) is 0 Å². The molecule has 91 valence electrons. The number of carboxylic acids is 1. The van der Waals surface area contributed by atoms with Crippen LogP contribution in [0.15, 0.2) is 24.3 Å². The van der Waals surface area contributed by atoms with Gasteiger partial charge >= 0.3 is 17.1 Å². The number of carbonyl (C=O) groups is 1. The Bertz CT molecular complexity index is 260. The zero-order valence-electron chi connectivity index (χ0n) is 7.84. The monoisotopic (exact) mass is 268 g/mol. The maximum absolute atomic E-state index is 10.2. The van der Waals surface area contributed by atoms with Gasteiger partial charge in [-0.15, -0.1) is 0 Å². The van der Waals surface area contributed by atoms with Crippen molar-refractivity contribution < 1.29 is 48.1 Å². The molecule has 6 nitrogen and oxygen atoms in total. The maximum Gasteiger partial charge on any atom is 2.00 e. The van der Waals surface area contributed by atoms with Crippen molar-refractivity contribution in [2.75, 3.05) is 7.11 Å². The number of hydrogen-bond acceptors (Lipinski definition) is 3. The first kappa shape index (κ1) is 23.6. The topological polar surface area (TPSA) is 144 Å². The van der Waals surface area contributed by atoms with Gasteiger partial charge in [-0.3, -0.25) is 0 Å². The third-order valence-electron chi connectivity index (χ3n) is 1.33. The Balaban J connectivity index is -0.000000151. The number of benzene rings is 1. The second kappa shape index (κ2) is 11.0. The zero-order chi connectivity index (χ0) is 8.27. The third-order valence-corrected chi connectivity index (χ3v) is 1.33. The van der Waals surface area contributed by atoms with Crippen molar-refractivity contribution in [1.82, 2.24) is 0 Å². The van der Waals surface area contributed by atoms with E-state index in [1.165, 1.54) is 19.2 Å². The van der Waals surface area contributed by atoms with Gasteiger partial charge in [-0.2, -0.15) is 0 Å². The number of carbonyl (C=O) groups excluding carboxylic acids is 1. The Kier molecular flexibility index (Phi) is 17.3. The van der Waals surface area contributed by atoms with Crippen molar-refractivity contribution in [1.29, 1.82) is 0 Å². The van der Waals surface area contributed by atoms with E-state index >= 15 is 0 Å². The van der Waals surface area contributed by atoms with Crippen LogP contribution in [0.1, 0.15) is 10.4 Å². The van der Waals surface area contributed by atoms with Gasteiger partial charge in [0.1, 0.15) is 5.75 Å². The average molecular weight is 269 g/mol. The molecule has 7 heteroatoms. The van der Waals surface area contributed by atoms with Crippen LogP contribution in [-0.2, 0) is 17.1 Å². The van der Waals surface area contributed by atoms with Crippen molar-refractivity contribution in [3.8, 4) is 5.75 Å². The summed E-state index contributed by atoms with van der Waals surface area (Å²) in [7, 11) is 1.52. The van der Waals surface area contributed by atoms with Crippen LogP contribution in [0.5, 0.6) is 5.75 Å². The molecule has 0 aliphatic rings. The number of rotatable bonds is 2. The SMILES string of the molecule is COc1ccc(C(=O)[O-])cc1.O.O.O.[Cu+2]. The molecule has 1 rings (SSSR count). The second-order valence-corrected chi connectivity index (χ2v) is 2.02. The Labute approximate surface area is 97.3 Å². The quantitative estimate of drug-likeness (QED) is 0.550. The molecule has 0 amide bonds. The summed E-state index contributed by atoms with van der Waals surface area (Å²) in [5.74, 6) is -0.539. The summed E-state index contributed by atoms with van der Waals surface area (Å²) in [5, 5.41) is 10.2. The molecule has 0 aliphatic heterocycles. The fraction of sp³-hybridized carbons (Fsp3) is 0.125. The van der Waals surface area contributed by atoms with E-state index in [0.29, 0.717) is 5.75 Å². The molecule has 0 fully saturated rings. The first-order valence-electron chi connectivity index (χ1n) is 3.09. The first-order valence-corrected chi connectivity index (χ1v) is 3.09. The van der Waals surface area contributed by atoms with Crippen LogP contribution in [0, 0.1) is 0 Å². The zero-order valence-corrected chi connectivity index (χ0v) is 8.78. The minimum absolute atomic E-state index is 0. The molecule has 0 heterocycles. The molecule has 6 N–H and O–H groups in total. The third kappa shape index (κ3) is 6.89. The summed E-state index contributed by atoms with van der Waals surface area (Å²) < 4.78 is 4.84. The van der Waals surface area contributed by atoms with E-state index in [1.54, 1.807) is 12.1 Å². The van der Waals surface area contributed by atoms with Gasteiger partial charge in [0.2, 0.25) is 0 Å². The van der Waals surface area contributed by atoms with Gasteiger partial charge in [-0.25, -0.2) is 0 Å². The van der Waals surface area contributed by atoms with Gasteiger partial charge in [0.25, 0.3) is 0 Å². The predicted molar refractivity (Wildman–Crippen MR) is 48.2 cm³/mol. The number of ether oxygens (including phenoxy) is 1. The Morgan fingerprint density at radius 1 is 1.13 bits per heavy atom. The molecule has 1 radical (unpaired) electrons. The number of aromatic carboxylic acids is 1. The molecule has 0 unspecified atom stereocenters. The summed E-state index contributed by atoms with van der Waals surface area (Å²) in [6.45, 7) is 0. The largest absolute Gasteiger partial charge is 2.00 e. The van der Waals surface area contributed by atoms with Gasteiger partial charge < -0.3 is 31.1 Å². The number of methoxy groups -OCH3 is 1. The van der Waals surface area contributed by atoms with E-state index in [9.17, 15) is 9.90 Å². The fourth-order valence-electron chi connectivity index (χ4n) is 0.727. The first-order chi connectivity index (χ1) is 5.24. The normalized spacial score (nSPS) is 6.73. The molecule has 0 aliphatic carbocycles. The van der Waals surface area contributed by atoms with Gasteiger partial charge in [-0.1, -0.05) is 0 Å². The molecule has 0 atom stereocenters. The van der Waals surface area contributed by atoms with E-state index in [1.807, 2.05) is 0 Å². The van der Waals surface area contributed by atoms with Crippen molar-refractivity contribution in [3.05, 3.63) is 29.8 Å². The minimum atomic E-state index is -1.17. The van der Waals surface area contributed by atoms with Crippen LogP contribution < -0.4 is 9.84 Å². The van der Waals surface area contributed by atoms with E-state index in [0.717, 1.165) is 0 Å². The minimum Gasteiger partial charge on any atom is -0.545 e. The molecule has 0 bridgehead atoms. The molecular weight excluding hydrogens is 256 g/mol. The van der Waals surface area contributed by atoms with E-state index < -0.39 is 5.97 Å². The molecule has 1 aromatic carbocycles. The maximum atomic E-state index is 10.2. The molecule has 15 heavy (non-hydrogen) atoms. The van der Waals surface area contributed by atoms with Crippen LogP contribution in [-0.4, -0.2) is 29.5 Å². The van der Waals surface area contributed by atoms with Gasteiger partial charge in [0.05, 0.1) is 13.1 Å². The standard InChI is InChI=1S/C8H8O3.Cu.3H2O/c1-11-7-4-2-6(3-5-7)8(9)10;;;;/h2-5H,1H3,(H,9,10);;3*1H2/q;+2;;;/p-1. The summed E-state index contributed by atoms with van der Waals surface area (Å²) in [6, 6.07) is 6.03. The molecule has 0 spiro atoms. The molecule has 0 saturated heterocycles. The van der Waals surface area contributed by atoms with Crippen LogP contribution >= 0.6 is 0 Å². The van der Waals surface area contributed by atoms with Crippen molar-refractivity contribution >= 4 is 5.97 Å². The summed E-state index contributed by atoms with van der Waals surface area (Å²) in [4.78, 5) is 10.2. The Morgan fingerprint density at radius 2 is 1.53 bits per heavy atom. The van der Waals surface area contributed by atoms with Gasteiger partial charge in [-0.05, 0) is 29.8 Å². The second-order valence-electron chi connectivity index (χ2n) is 2.02. The van der Waals surface area contributed by atoms with Crippen molar-refractivity contribution in [3.63, 3.8) is 0 Å².